The van der Waals surface area contributed by atoms with E-state index in [-0.39, 0.29) is 18.7 Å². The Morgan fingerprint density at radius 3 is 2.04 bits per heavy atom. The largest absolute Gasteiger partial charge is 0.508 e. The lowest BCUT2D eigenvalue weighted by Crippen LogP contribution is -2.60. The summed E-state index contributed by atoms with van der Waals surface area (Å²) in [5.41, 5.74) is 6.23. The molecule has 0 spiro atoms. The maximum absolute atomic E-state index is 13.4. The van der Waals surface area contributed by atoms with E-state index in [0.717, 1.165) is 0 Å². The number of carboxylic acid groups (broad SMARTS) is 1. The maximum atomic E-state index is 13.4. The van der Waals surface area contributed by atoms with Gasteiger partial charge in [0.05, 0.1) is 12.7 Å². The molecule has 1 aliphatic rings. The minimum Gasteiger partial charge on any atom is -0.508 e. The average Bonchev–Trinajstić information content (AvgIpc) is 3.47. The summed E-state index contributed by atoms with van der Waals surface area (Å²) in [6, 6.07) is -1.50. The lowest BCUT2D eigenvalue weighted by atomic mass is 10.0. The number of rotatable bonds is 15. The predicted octanol–water partition coefficient (Wildman–Crippen LogP) is -2.67. The van der Waals surface area contributed by atoms with E-state index in [1.165, 1.54) is 30.9 Å². The second kappa shape index (κ2) is 16.7. The Bertz CT molecular complexity index is 1220. The minimum atomic E-state index is -1.61. The van der Waals surface area contributed by atoms with Crippen molar-refractivity contribution in [3.8, 4) is 5.75 Å². The smallest absolute Gasteiger partial charge is 0.328 e. The summed E-state index contributed by atoms with van der Waals surface area (Å²) in [5, 5.41) is 47.7. The number of amides is 5. The topological polar surface area (TPSA) is 261 Å². The highest BCUT2D eigenvalue weighted by atomic mass is 16.4. The number of nitrogens with zero attached hydrogens (tertiary/aromatic N) is 1. The van der Waals surface area contributed by atoms with Gasteiger partial charge < -0.3 is 52.3 Å². The van der Waals surface area contributed by atoms with Gasteiger partial charge in [0, 0.05) is 13.0 Å². The van der Waals surface area contributed by atoms with Crippen LogP contribution in [0, 0.1) is 5.92 Å². The Kier molecular flexibility index (Phi) is 13.7. The fourth-order valence-electron chi connectivity index (χ4n) is 4.76. The Morgan fingerprint density at radius 1 is 0.911 bits per heavy atom. The third-order valence-corrected chi connectivity index (χ3v) is 7.41. The number of carboxylic acids is 1. The molecule has 0 unspecified atom stereocenters. The van der Waals surface area contributed by atoms with E-state index < -0.39 is 90.4 Å². The second-order valence-electron chi connectivity index (χ2n) is 11.4. The molecule has 1 aliphatic heterocycles. The predicted molar refractivity (Wildman–Crippen MR) is 159 cm³/mol. The highest BCUT2D eigenvalue weighted by Crippen LogP contribution is 2.19. The molecule has 0 saturated carbocycles. The van der Waals surface area contributed by atoms with Crippen molar-refractivity contribution in [2.24, 2.45) is 11.7 Å². The van der Waals surface area contributed by atoms with E-state index in [1.807, 2.05) is 0 Å². The van der Waals surface area contributed by atoms with Crippen molar-refractivity contribution in [3.63, 3.8) is 0 Å². The molecule has 45 heavy (non-hydrogen) atoms. The van der Waals surface area contributed by atoms with Gasteiger partial charge in [-0.2, -0.15) is 0 Å². The third-order valence-electron chi connectivity index (χ3n) is 7.41. The zero-order chi connectivity index (χ0) is 34.0. The molecule has 1 saturated heterocycles. The fourth-order valence-corrected chi connectivity index (χ4v) is 4.76. The van der Waals surface area contributed by atoms with Crippen LogP contribution in [0.25, 0.3) is 0 Å². The quantitative estimate of drug-likeness (QED) is 0.0958. The van der Waals surface area contributed by atoms with E-state index in [0.29, 0.717) is 18.4 Å². The Morgan fingerprint density at radius 2 is 1.51 bits per heavy atom. The van der Waals surface area contributed by atoms with Gasteiger partial charge in [-0.15, -0.1) is 0 Å². The number of hydrogen-bond acceptors (Lipinski definition) is 10. The van der Waals surface area contributed by atoms with Crippen molar-refractivity contribution >= 4 is 35.5 Å². The Balaban J connectivity index is 2.19. The first-order chi connectivity index (χ1) is 21.1. The summed E-state index contributed by atoms with van der Waals surface area (Å²) in [6.45, 7) is 5.41. The lowest BCUT2D eigenvalue weighted by Gasteiger charge is -2.29. The molecule has 16 heteroatoms. The van der Waals surface area contributed by atoms with Crippen LogP contribution in [0.4, 0.5) is 0 Å². The normalized spacial score (nSPS) is 18.6. The van der Waals surface area contributed by atoms with Crippen molar-refractivity contribution < 1.29 is 49.2 Å². The van der Waals surface area contributed by atoms with Crippen molar-refractivity contribution in [2.75, 3.05) is 13.2 Å². The number of carbonyl (C=O) groups is 6. The van der Waals surface area contributed by atoms with Crippen molar-refractivity contribution in [2.45, 2.75) is 89.3 Å². The van der Waals surface area contributed by atoms with Crippen molar-refractivity contribution in [1.29, 1.82) is 0 Å². The second-order valence-corrected chi connectivity index (χ2v) is 11.4. The zero-order valence-corrected chi connectivity index (χ0v) is 25.7. The van der Waals surface area contributed by atoms with Gasteiger partial charge in [-0.3, -0.25) is 24.0 Å². The van der Waals surface area contributed by atoms with Gasteiger partial charge in [0.25, 0.3) is 0 Å². The van der Waals surface area contributed by atoms with Crippen LogP contribution >= 0.6 is 0 Å². The Labute approximate surface area is 260 Å². The molecular formula is C29H44N6O10. The number of carbonyl (C=O) groups excluding carboxylic acids is 5. The number of nitrogens with one attached hydrogen (secondary N) is 4. The highest BCUT2D eigenvalue weighted by Gasteiger charge is 2.38. The van der Waals surface area contributed by atoms with Gasteiger partial charge in [0.2, 0.25) is 29.5 Å². The number of nitrogens with two attached hydrogens (primary N) is 1. The first-order valence-electron chi connectivity index (χ1n) is 14.6. The molecule has 7 atom stereocenters. The molecular weight excluding hydrogens is 592 g/mol. The molecule has 2 rings (SSSR count). The number of aliphatic carboxylic acids is 1. The van der Waals surface area contributed by atoms with Crippen LogP contribution in [0.15, 0.2) is 24.3 Å². The number of aliphatic hydroxyl groups is 2. The van der Waals surface area contributed by atoms with Crippen LogP contribution in [0.1, 0.15) is 46.1 Å². The number of phenolic OH excluding ortho intramolecular Hbond substituents is 1. The molecule has 1 heterocycles. The summed E-state index contributed by atoms with van der Waals surface area (Å²) in [7, 11) is 0. The van der Waals surface area contributed by atoms with Gasteiger partial charge in [-0.05, 0) is 50.3 Å². The molecule has 0 radical (unpaired) electrons. The molecule has 1 aromatic carbocycles. The van der Waals surface area contributed by atoms with E-state index in [1.54, 1.807) is 26.0 Å². The summed E-state index contributed by atoms with van der Waals surface area (Å²) < 4.78 is 0. The molecule has 16 nitrogen and oxygen atoms in total. The van der Waals surface area contributed by atoms with Gasteiger partial charge in [-0.1, -0.05) is 26.0 Å². The molecule has 0 aromatic heterocycles. The first kappa shape index (κ1) is 36.9. The summed E-state index contributed by atoms with van der Waals surface area (Å²) >= 11 is 0. The number of likely N-dealkylation sites (tertiary alicyclic amines) is 1. The maximum Gasteiger partial charge on any atom is 0.328 e. The standard InChI is InChI=1S/C29H44N6O10/c1-14(2)22(27(42)34-23(16(4)37)29(44)45)33-24(39)15(3)31-25(40)20(12-17-7-9-18(38)10-8-17)32-26(41)21-6-5-11-35(21)28(43)19(30)13-36/h7-10,14-16,19-23,36-38H,5-6,11-13,30H2,1-4H3,(H,31,40)(H,32,41)(H,33,39)(H,34,42)(H,44,45)/t15-,16+,19-,20-,21-,22-,23-/m0/s1. The molecule has 10 N–H and O–H groups in total. The van der Waals surface area contributed by atoms with E-state index in [4.69, 9.17) is 5.73 Å². The van der Waals surface area contributed by atoms with Crippen LogP contribution in [-0.2, 0) is 35.2 Å². The zero-order valence-electron chi connectivity index (χ0n) is 25.7. The van der Waals surface area contributed by atoms with E-state index >= 15 is 0 Å². The first-order valence-corrected chi connectivity index (χ1v) is 14.6. The van der Waals surface area contributed by atoms with E-state index in [9.17, 15) is 49.2 Å². The monoisotopic (exact) mass is 636 g/mol. The molecule has 0 bridgehead atoms. The van der Waals surface area contributed by atoms with Crippen LogP contribution < -0.4 is 27.0 Å². The van der Waals surface area contributed by atoms with Gasteiger partial charge in [0.15, 0.2) is 6.04 Å². The van der Waals surface area contributed by atoms with Gasteiger partial charge in [-0.25, -0.2) is 4.79 Å². The Hall–Kier alpha value is -4.28. The molecule has 250 valence electrons. The van der Waals surface area contributed by atoms with E-state index in [2.05, 4.69) is 21.3 Å². The number of aromatic hydroxyl groups is 1. The lowest BCUT2D eigenvalue weighted by molar-refractivity contribution is -0.145. The van der Waals surface area contributed by atoms with Gasteiger partial charge >= 0.3 is 5.97 Å². The van der Waals surface area contributed by atoms with Crippen molar-refractivity contribution in [3.05, 3.63) is 29.8 Å². The molecule has 5 amide bonds. The number of benzene rings is 1. The molecule has 0 aliphatic carbocycles. The third kappa shape index (κ3) is 10.4. The SMILES string of the molecule is CC(C)[C@H](NC(=O)[C@H](C)NC(=O)[C@H](Cc1ccc(O)cc1)NC(=O)[C@@H]1CCCN1C(=O)[C@@H](N)CO)C(=O)N[C@H](C(=O)O)[C@@H](C)O. The average molecular weight is 637 g/mol. The minimum absolute atomic E-state index is 0.0127. The van der Waals surface area contributed by atoms with Crippen LogP contribution in [-0.4, -0.2) is 116 Å². The summed E-state index contributed by atoms with van der Waals surface area (Å²) in [6.07, 6.45) is -0.646. The number of phenols is 1. The van der Waals surface area contributed by atoms with Gasteiger partial charge in [0.1, 0.15) is 36.0 Å². The van der Waals surface area contributed by atoms with Crippen LogP contribution in [0.2, 0.25) is 0 Å². The van der Waals surface area contributed by atoms with Crippen LogP contribution in [0.5, 0.6) is 5.75 Å². The molecule has 1 fully saturated rings. The number of hydrogen-bond donors (Lipinski definition) is 9. The van der Waals surface area contributed by atoms with Crippen LogP contribution in [0.3, 0.4) is 0 Å². The summed E-state index contributed by atoms with van der Waals surface area (Å²) in [5.74, 6) is -5.60. The fraction of sp³-hybridized carbons (Fsp3) is 0.586. The highest BCUT2D eigenvalue weighted by molar-refractivity contribution is 5.96. The summed E-state index contributed by atoms with van der Waals surface area (Å²) in [4.78, 5) is 77.9. The number of aliphatic hydroxyl groups excluding tert-OH is 2. The van der Waals surface area contributed by atoms with Crippen molar-refractivity contribution in [1.82, 2.24) is 26.2 Å². The molecule has 1 aromatic rings.